The van der Waals surface area contributed by atoms with Crippen molar-refractivity contribution in [2.45, 2.75) is 32.9 Å². The average molecular weight is 362 g/mol. The van der Waals surface area contributed by atoms with Crippen molar-refractivity contribution in [1.29, 1.82) is 0 Å². The molecule has 1 amide bonds. The van der Waals surface area contributed by atoms with Crippen LogP contribution in [-0.4, -0.2) is 11.9 Å². The molecule has 3 nitrogen and oxygen atoms in total. The SMILES string of the molecule is Cc1cccc(NC(=O)[C@H](C)[NH2+][C@H](C)c2ccccc2Br)c1. The Morgan fingerprint density at radius 3 is 2.55 bits per heavy atom. The third-order valence-corrected chi connectivity index (χ3v) is 4.39. The summed E-state index contributed by atoms with van der Waals surface area (Å²) in [5.74, 6) is 0.0181. The second kappa shape index (κ2) is 7.56. The van der Waals surface area contributed by atoms with Crippen molar-refractivity contribution in [2.75, 3.05) is 5.32 Å². The fourth-order valence-electron chi connectivity index (χ4n) is 2.45. The highest BCUT2D eigenvalue weighted by Gasteiger charge is 2.21. The topological polar surface area (TPSA) is 45.7 Å². The van der Waals surface area contributed by atoms with Crippen LogP contribution in [0.2, 0.25) is 0 Å². The molecule has 0 bridgehead atoms. The van der Waals surface area contributed by atoms with Crippen LogP contribution in [0.5, 0.6) is 0 Å². The number of hydrogen-bond donors (Lipinski definition) is 2. The van der Waals surface area contributed by atoms with E-state index in [1.54, 1.807) is 0 Å². The lowest BCUT2D eigenvalue weighted by Gasteiger charge is -2.18. The summed E-state index contributed by atoms with van der Waals surface area (Å²) in [5, 5.41) is 5.05. The molecule has 0 heterocycles. The van der Waals surface area contributed by atoms with Crippen molar-refractivity contribution in [1.82, 2.24) is 0 Å². The predicted molar refractivity (Wildman–Crippen MR) is 93.8 cm³/mol. The third kappa shape index (κ3) is 4.42. The first kappa shape index (κ1) is 16.7. The predicted octanol–water partition coefficient (Wildman–Crippen LogP) is 3.41. The number of halogens is 1. The van der Waals surface area contributed by atoms with Gasteiger partial charge in [-0.3, -0.25) is 4.79 Å². The fraction of sp³-hybridized carbons (Fsp3) is 0.278. The minimum Gasteiger partial charge on any atom is -0.330 e. The maximum atomic E-state index is 12.3. The number of carbonyl (C=O) groups excluding carboxylic acids is 1. The molecule has 2 aromatic rings. The largest absolute Gasteiger partial charge is 0.330 e. The van der Waals surface area contributed by atoms with Crippen molar-refractivity contribution in [3.05, 3.63) is 64.1 Å². The highest BCUT2D eigenvalue weighted by atomic mass is 79.9. The number of nitrogens with two attached hydrogens (primary N) is 1. The van der Waals surface area contributed by atoms with Gasteiger partial charge < -0.3 is 10.6 Å². The van der Waals surface area contributed by atoms with Crippen LogP contribution < -0.4 is 10.6 Å². The summed E-state index contributed by atoms with van der Waals surface area (Å²) in [4.78, 5) is 12.3. The first-order valence-electron chi connectivity index (χ1n) is 7.44. The van der Waals surface area contributed by atoms with Crippen LogP contribution in [0.3, 0.4) is 0 Å². The summed E-state index contributed by atoms with van der Waals surface area (Å²) in [6, 6.07) is 16.0. The zero-order valence-electron chi connectivity index (χ0n) is 13.1. The molecule has 0 aliphatic heterocycles. The zero-order valence-corrected chi connectivity index (χ0v) is 14.7. The molecule has 0 radical (unpaired) electrons. The van der Waals surface area contributed by atoms with Gasteiger partial charge in [-0.1, -0.05) is 46.3 Å². The van der Waals surface area contributed by atoms with E-state index in [1.807, 2.05) is 56.3 Å². The van der Waals surface area contributed by atoms with Crippen molar-refractivity contribution in [3.63, 3.8) is 0 Å². The van der Waals surface area contributed by atoms with E-state index in [-0.39, 0.29) is 18.0 Å². The number of quaternary nitrogens is 1. The van der Waals surface area contributed by atoms with E-state index in [0.717, 1.165) is 15.7 Å². The van der Waals surface area contributed by atoms with Crippen LogP contribution in [0.25, 0.3) is 0 Å². The Labute approximate surface area is 140 Å². The van der Waals surface area contributed by atoms with Gasteiger partial charge in [-0.15, -0.1) is 0 Å². The molecule has 0 aliphatic rings. The number of rotatable bonds is 5. The summed E-state index contributed by atoms with van der Waals surface area (Å²) in [6.07, 6.45) is 0. The molecule has 116 valence electrons. The number of hydrogen-bond acceptors (Lipinski definition) is 1. The van der Waals surface area contributed by atoms with Crippen LogP contribution in [0.15, 0.2) is 53.0 Å². The number of aryl methyl sites for hydroxylation is 1. The smallest absolute Gasteiger partial charge is 0.282 e. The molecular weight excluding hydrogens is 340 g/mol. The normalized spacial score (nSPS) is 13.5. The highest BCUT2D eigenvalue weighted by molar-refractivity contribution is 9.10. The quantitative estimate of drug-likeness (QED) is 0.841. The van der Waals surface area contributed by atoms with Crippen LogP contribution >= 0.6 is 15.9 Å². The standard InChI is InChI=1S/C18H21BrN2O/c1-12-7-6-8-15(11-12)21-18(22)14(3)20-13(2)16-9-4-5-10-17(16)19/h4-11,13-14,20H,1-3H3,(H,21,22)/p+1/t13-,14+/m1/s1. The lowest BCUT2D eigenvalue weighted by atomic mass is 10.1. The summed E-state index contributed by atoms with van der Waals surface area (Å²) in [6.45, 7) is 6.05. The van der Waals surface area contributed by atoms with Crippen LogP contribution in [0.4, 0.5) is 5.69 Å². The molecule has 0 spiro atoms. The molecule has 4 heteroatoms. The van der Waals surface area contributed by atoms with Gasteiger partial charge in [0.05, 0.1) is 0 Å². The second-order valence-corrected chi connectivity index (χ2v) is 6.50. The van der Waals surface area contributed by atoms with Crippen molar-refractivity contribution >= 4 is 27.5 Å². The lowest BCUT2D eigenvalue weighted by Crippen LogP contribution is -2.91. The first-order chi connectivity index (χ1) is 10.5. The third-order valence-electron chi connectivity index (χ3n) is 3.67. The number of amides is 1. The number of benzene rings is 2. The Morgan fingerprint density at radius 1 is 1.14 bits per heavy atom. The van der Waals surface area contributed by atoms with Crippen LogP contribution in [-0.2, 0) is 4.79 Å². The zero-order chi connectivity index (χ0) is 16.1. The monoisotopic (exact) mass is 361 g/mol. The average Bonchev–Trinajstić information content (AvgIpc) is 2.47. The Hall–Kier alpha value is -1.65. The molecular formula is C18H22BrN2O+. The van der Waals surface area contributed by atoms with Gasteiger partial charge in [0, 0.05) is 15.7 Å². The van der Waals surface area contributed by atoms with Gasteiger partial charge in [0.1, 0.15) is 6.04 Å². The van der Waals surface area contributed by atoms with Crippen molar-refractivity contribution < 1.29 is 10.1 Å². The second-order valence-electron chi connectivity index (χ2n) is 5.65. The van der Waals surface area contributed by atoms with E-state index in [0.29, 0.717) is 0 Å². The van der Waals surface area contributed by atoms with Gasteiger partial charge in [0.2, 0.25) is 0 Å². The minimum atomic E-state index is -0.164. The molecule has 0 saturated carbocycles. The van der Waals surface area contributed by atoms with Gasteiger partial charge in [-0.25, -0.2) is 0 Å². The fourth-order valence-corrected chi connectivity index (χ4v) is 3.09. The molecule has 2 atom stereocenters. The van der Waals surface area contributed by atoms with Gasteiger partial charge in [0.25, 0.3) is 5.91 Å². The van der Waals surface area contributed by atoms with E-state index in [2.05, 4.69) is 39.6 Å². The maximum absolute atomic E-state index is 12.3. The molecule has 0 fully saturated rings. The first-order valence-corrected chi connectivity index (χ1v) is 8.23. The van der Waals surface area contributed by atoms with Crippen LogP contribution in [0, 0.1) is 6.92 Å². The van der Waals surface area contributed by atoms with E-state index in [1.165, 1.54) is 5.56 Å². The Bertz CT molecular complexity index is 657. The van der Waals surface area contributed by atoms with Gasteiger partial charge >= 0.3 is 0 Å². The Kier molecular flexibility index (Phi) is 5.75. The number of anilines is 1. The van der Waals surface area contributed by atoms with E-state index in [4.69, 9.17) is 0 Å². The van der Waals surface area contributed by atoms with Gasteiger partial charge in [0.15, 0.2) is 6.04 Å². The molecule has 0 aromatic heterocycles. The molecule has 22 heavy (non-hydrogen) atoms. The number of carbonyl (C=O) groups is 1. The maximum Gasteiger partial charge on any atom is 0.282 e. The van der Waals surface area contributed by atoms with E-state index < -0.39 is 0 Å². The summed E-state index contributed by atoms with van der Waals surface area (Å²) in [5.41, 5.74) is 3.17. The van der Waals surface area contributed by atoms with Crippen LogP contribution in [0.1, 0.15) is 31.0 Å². The van der Waals surface area contributed by atoms with E-state index in [9.17, 15) is 4.79 Å². The molecule has 0 unspecified atom stereocenters. The molecule has 2 rings (SSSR count). The Morgan fingerprint density at radius 2 is 1.86 bits per heavy atom. The molecule has 0 saturated heterocycles. The Balaban J connectivity index is 1.98. The van der Waals surface area contributed by atoms with Crippen molar-refractivity contribution in [2.24, 2.45) is 0 Å². The number of nitrogens with one attached hydrogen (secondary N) is 1. The van der Waals surface area contributed by atoms with Gasteiger partial charge in [-0.2, -0.15) is 0 Å². The van der Waals surface area contributed by atoms with Crippen molar-refractivity contribution in [3.8, 4) is 0 Å². The summed E-state index contributed by atoms with van der Waals surface area (Å²) in [7, 11) is 0. The van der Waals surface area contributed by atoms with Gasteiger partial charge in [-0.05, 0) is 44.5 Å². The van der Waals surface area contributed by atoms with E-state index >= 15 is 0 Å². The molecule has 2 aromatic carbocycles. The minimum absolute atomic E-state index is 0.0181. The molecule has 3 N–H and O–H groups in total. The summed E-state index contributed by atoms with van der Waals surface area (Å²) < 4.78 is 1.07. The summed E-state index contributed by atoms with van der Waals surface area (Å²) >= 11 is 3.57. The lowest BCUT2D eigenvalue weighted by molar-refractivity contribution is -0.709. The molecule has 0 aliphatic carbocycles. The highest BCUT2D eigenvalue weighted by Crippen LogP contribution is 2.20.